The summed E-state index contributed by atoms with van der Waals surface area (Å²) in [5.74, 6) is 2.28. The Bertz CT molecular complexity index is 859. The van der Waals surface area contributed by atoms with E-state index < -0.39 is 5.60 Å². The second-order valence-electron chi connectivity index (χ2n) is 10.6. The van der Waals surface area contributed by atoms with Gasteiger partial charge in [-0.15, -0.1) is 0 Å². The summed E-state index contributed by atoms with van der Waals surface area (Å²) in [5.41, 5.74) is 0.967. The molecule has 0 spiro atoms. The van der Waals surface area contributed by atoms with Crippen molar-refractivity contribution in [3.05, 3.63) is 17.5 Å². The van der Waals surface area contributed by atoms with Crippen LogP contribution in [0.5, 0.6) is 0 Å². The fourth-order valence-corrected chi connectivity index (χ4v) is 6.84. The van der Waals surface area contributed by atoms with E-state index in [4.69, 9.17) is 9.72 Å². The molecule has 8 nitrogen and oxygen atoms in total. The van der Waals surface area contributed by atoms with Crippen LogP contribution in [0, 0.1) is 17.8 Å². The molecular weight excluding hydrogens is 396 g/mol. The number of hydrogen-bond donors (Lipinski definition) is 3. The summed E-state index contributed by atoms with van der Waals surface area (Å²) in [5, 5.41) is 23.6. The maximum atomic E-state index is 13.3. The van der Waals surface area contributed by atoms with Gasteiger partial charge in [0.05, 0.1) is 36.2 Å². The Morgan fingerprint density at radius 2 is 2.03 bits per heavy atom. The highest BCUT2D eigenvalue weighted by molar-refractivity contribution is 5.95. The van der Waals surface area contributed by atoms with Crippen LogP contribution in [-0.2, 0) is 4.74 Å². The fraction of sp³-hybridized carbons (Fsp3) is 0.783. The number of nitrogens with one attached hydrogen (secondary N) is 1. The summed E-state index contributed by atoms with van der Waals surface area (Å²) < 4.78 is 5.54. The third kappa shape index (κ3) is 3.62. The van der Waals surface area contributed by atoms with Gasteiger partial charge in [0, 0.05) is 31.2 Å². The summed E-state index contributed by atoms with van der Waals surface area (Å²) in [6, 6.07) is 0.153. The normalized spacial score (nSPS) is 39.0. The molecule has 168 valence electrons. The van der Waals surface area contributed by atoms with Gasteiger partial charge in [-0.1, -0.05) is 0 Å². The molecule has 7 rings (SSSR count). The van der Waals surface area contributed by atoms with Crippen LogP contribution >= 0.6 is 0 Å². The Morgan fingerprint density at radius 3 is 2.71 bits per heavy atom. The minimum atomic E-state index is -0.494. The summed E-state index contributed by atoms with van der Waals surface area (Å²) >= 11 is 0. The average Bonchev–Trinajstić information content (AvgIpc) is 3.60. The zero-order chi connectivity index (χ0) is 21.2. The lowest BCUT2D eigenvalue weighted by Gasteiger charge is -2.58. The lowest BCUT2D eigenvalue weighted by Crippen LogP contribution is -2.61. The number of morpholine rings is 1. The van der Waals surface area contributed by atoms with Gasteiger partial charge >= 0.3 is 0 Å². The number of aliphatic hydroxyl groups is 2. The van der Waals surface area contributed by atoms with Crippen molar-refractivity contribution in [2.45, 2.75) is 68.6 Å². The average molecular weight is 429 g/mol. The van der Waals surface area contributed by atoms with Crippen molar-refractivity contribution < 1.29 is 19.7 Å². The third-order valence-electron chi connectivity index (χ3n) is 8.18. The van der Waals surface area contributed by atoms with Gasteiger partial charge < -0.3 is 25.2 Å². The molecule has 5 saturated carbocycles. The number of carbonyl (C=O) groups excluding carboxylic acids is 1. The van der Waals surface area contributed by atoms with Crippen molar-refractivity contribution in [2.75, 3.05) is 31.2 Å². The minimum absolute atomic E-state index is 0.0217. The van der Waals surface area contributed by atoms with Crippen LogP contribution in [0.15, 0.2) is 6.20 Å². The van der Waals surface area contributed by atoms with E-state index in [9.17, 15) is 15.0 Å². The maximum Gasteiger partial charge on any atom is 0.254 e. The van der Waals surface area contributed by atoms with E-state index in [1.165, 1.54) is 0 Å². The predicted molar refractivity (Wildman–Crippen MR) is 113 cm³/mol. The van der Waals surface area contributed by atoms with Crippen molar-refractivity contribution in [3.8, 4) is 0 Å². The molecular formula is C23H32N4O4. The Labute approximate surface area is 182 Å². The number of anilines is 1. The first-order valence-electron chi connectivity index (χ1n) is 11.9. The monoisotopic (exact) mass is 428 g/mol. The molecule has 3 unspecified atom stereocenters. The number of amides is 1. The molecule has 1 aromatic rings. The fourth-order valence-electron chi connectivity index (χ4n) is 6.84. The third-order valence-corrected chi connectivity index (χ3v) is 8.18. The highest BCUT2D eigenvalue weighted by Crippen LogP contribution is 2.55. The molecule has 31 heavy (non-hydrogen) atoms. The first kappa shape index (κ1) is 19.9. The molecule has 8 heteroatoms. The van der Waals surface area contributed by atoms with Crippen molar-refractivity contribution in [1.29, 1.82) is 0 Å². The SMILES string of the molecule is O=C(N[C@H]1C2CC3CC1C[C@@](O)(C3)C2)c1cnc(N2CCOC(CO)C2)nc1C1CC1. The number of rotatable bonds is 5. The molecule has 1 amide bonds. The standard InChI is InChI=1S/C23H32N4O4/c28-12-17-11-27(3-4-31-17)22-24-10-18(20(26-22)14-1-2-14)21(29)25-19-15-5-13-6-16(19)9-23(30,7-13)8-15/h10,13-17,19,28,30H,1-9,11-12H2,(H,25,29)/t13?,15?,16?,17?,19-,23+. The molecule has 3 atom stereocenters. The van der Waals surface area contributed by atoms with Crippen LogP contribution in [0.4, 0.5) is 5.95 Å². The number of aromatic nitrogens is 2. The Morgan fingerprint density at radius 1 is 1.26 bits per heavy atom. The van der Waals surface area contributed by atoms with Crippen molar-refractivity contribution in [3.63, 3.8) is 0 Å². The summed E-state index contributed by atoms with van der Waals surface area (Å²) in [6.45, 7) is 1.75. The Hall–Kier alpha value is -1.77. The van der Waals surface area contributed by atoms with Crippen molar-refractivity contribution >= 4 is 11.9 Å². The van der Waals surface area contributed by atoms with Gasteiger partial charge in [0.25, 0.3) is 5.91 Å². The largest absolute Gasteiger partial charge is 0.394 e. The Balaban J connectivity index is 1.21. The number of aliphatic hydroxyl groups excluding tert-OH is 1. The van der Waals surface area contributed by atoms with E-state index >= 15 is 0 Å². The van der Waals surface area contributed by atoms with E-state index in [0.717, 1.165) is 50.6 Å². The highest BCUT2D eigenvalue weighted by atomic mass is 16.5. The van der Waals surface area contributed by atoms with Gasteiger partial charge in [-0.2, -0.15) is 0 Å². The zero-order valence-electron chi connectivity index (χ0n) is 17.9. The molecule has 2 heterocycles. The zero-order valence-corrected chi connectivity index (χ0v) is 17.9. The molecule has 1 aliphatic heterocycles. The van der Waals surface area contributed by atoms with E-state index in [0.29, 0.717) is 54.9 Å². The maximum absolute atomic E-state index is 13.3. The molecule has 1 aromatic heterocycles. The topological polar surface area (TPSA) is 108 Å². The van der Waals surface area contributed by atoms with Gasteiger partial charge in [0.1, 0.15) is 0 Å². The second-order valence-corrected chi connectivity index (χ2v) is 10.6. The van der Waals surface area contributed by atoms with Crippen LogP contribution < -0.4 is 10.2 Å². The van der Waals surface area contributed by atoms with Gasteiger partial charge in [0.2, 0.25) is 5.95 Å². The smallest absolute Gasteiger partial charge is 0.254 e. The summed E-state index contributed by atoms with van der Waals surface area (Å²) in [6.07, 6.45) is 8.41. The van der Waals surface area contributed by atoms with Gasteiger partial charge in [-0.3, -0.25) is 4.79 Å². The molecule has 0 radical (unpaired) electrons. The van der Waals surface area contributed by atoms with Gasteiger partial charge in [-0.05, 0) is 62.7 Å². The molecule has 4 bridgehead atoms. The Kier molecular flexibility index (Phi) is 4.74. The van der Waals surface area contributed by atoms with Crippen LogP contribution in [0.3, 0.4) is 0 Å². The highest BCUT2D eigenvalue weighted by Gasteiger charge is 2.55. The van der Waals surface area contributed by atoms with Crippen LogP contribution in [-0.4, -0.2) is 70.1 Å². The molecule has 0 aromatic carbocycles. The van der Waals surface area contributed by atoms with Gasteiger partial charge in [-0.25, -0.2) is 9.97 Å². The van der Waals surface area contributed by atoms with Crippen LogP contribution in [0.25, 0.3) is 0 Å². The number of carbonyl (C=O) groups is 1. The number of ether oxygens (including phenoxy) is 1. The van der Waals surface area contributed by atoms with Gasteiger partial charge in [0.15, 0.2) is 0 Å². The summed E-state index contributed by atoms with van der Waals surface area (Å²) in [4.78, 5) is 24.7. The first-order chi connectivity index (χ1) is 15.0. The van der Waals surface area contributed by atoms with Crippen molar-refractivity contribution in [2.24, 2.45) is 17.8 Å². The van der Waals surface area contributed by atoms with Crippen molar-refractivity contribution in [1.82, 2.24) is 15.3 Å². The molecule has 1 saturated heterocycles. The molecule has 5 aliphatic carbocycles. The lowest BCUT2D eigenvalue weighted by molar-refractivity contribution is -0.136. The molecule has 6 fully saturated rings. The van der Waals surface area contributed by atoms with E-state index in [1.807, 2.05) is 4.90 Å². The lowest BCUT2D eigenvalue weighted by atomic mass is 9.52. The predicted octanol–water partition coefficient (Wildman–Crippen LogP) is 1.22. The molecule has 6 aliphatic rings. The number of hydrogen-bond acceptors (Lipinski definition) is 7. The van der Waals surface area contributed by atoms with E-state index in [2.05, 4.69) is 10.3 Å². The van der Waals surface area contributed by atoms with E-state index in [-0.39, 0.29) is 24.7 Å². The van der Waals surface area contributed by atoms with Crippen LogP contribution in [0.1, 0.15) is 66.9 Å². The summed E-state index contributed by atoms with van der Waals surface area (Å²) in [7, 11) is 0. The molecule has 3 N–H and O–H groups in total. The van der Waals surface area contributed by atoms with Crippen LogP contribution in [0.2, 0.25) is 0 Å². The second kappa shape index (κ2) is 7.39. The van der Waals surface area contributed by atoms with E-state index in [1.54, 1.807) is 6.20 Å². The number of nitrogens with zero attached hydrogens (tertiary/aromatic N) is 3. The quantitative estimate of drug-likeness (QED) is 0.647. The minimum Gasteiger partial charge on any atom is -0.394 e. The first-order valence-corrected chi connectivity index (χ1v) is 11.9.